The van der Waals surface area contributed by atoms with Crippen molar-refractivity contribution in [3.05, 3.63) is 57.8 Å². The van der Waals surface area contributed by atoms with E-state index in [-0.39, 0.29) is 18.7 Å². The maximum absolute atomic E-state index is 12.1. The van der Waals surface area contributed by atoms with Gasteiger partial charge in [0.1, 0.15) is 18.5 Å². The van der Waals surface area contributed by atoms with Crippen molar-refractivity contribution in [2.75, 3.05) is 6.61 Å². The second kappa shape index (κ2) is 7.42. The molecule has 1 aromatic carbocycles. The average Bonchev–Trinajstić information content (AvgIpc) is 2.53. The molecule has 0 amide bonds. The maximum atomic E-state index is 12.1. The molecule has 0 aliphatic heterocycles. The molecule has 0 spiro atoms. The van der Waals surface area contributed by atoms with E-state index < -0.39 is 6.10 Å². The zero-order valence-corrected chi connectivity index (χ0v) is 14.1. The molecule has 1 aromatic heterocycles. The molecule has 124 valence electrons. The van der Waals surface area contributed by atoms with E-state index in [1.54, 1.807) is 13.8 Å². The topological polar surface area (TPSA) is 64.3 Å². The Morgan fingerprint density at radius 3 is 2.65 bits per heavy atom. The molecule has 5 nitrogen and oxygen atoms in total. The van der Waals surface area contributed by atoms with Crippen molar-refractivity contribution in [3.63, 3.8) is 0 Å². The third kappa shape index (κ3) is 4.20. The van der Waals surface area contributed by atoms with Gasteiger partial charge in [-0.05, 0) is 31.4 Å². The summed E-state index contributed by atoms with van der Waals surface area (Å²) in [5.74, 6) is 1.11. The van der Waals surface area contributed by atoms with Crippen molar-refractivity contribution < 1.29 is 9.84 Å². The molecule has 0 fully saturated rings. The molecule has 23 heavy (non-hydrogen) atoms. The Morgan fingerprint density at radius 1 is 1.26 bits per heavy atom. The molecule has 1 N–H and O–H groups in total. The molecular weight excluding hydrogens is 292 g/mol. The molecule has 0 aliphatic rings. The molecule has 0 aliphatic carbocycles. The summed E-state index contributed by atoms with van der Waals surface area (Å²) in [5, 5.41) is 10.2. The first kappa shape index (κ1) is 17.2. The van der Waals surface area contributed by atoms with Crippen LogP contribution in [-0.2, 0) is 6.54 Å². The van der Waals surface area contributed by atoms with Gasteiger partial charge >= 0.3 is 0 Å². The Kier molecular flexibility index (Phi) is 5.55. The van der Waals surface area contributed by atoms with Gasteiger partial charge in [0.05, 0.1) is 12.9 Å². The molecule has 2 aromatic rings. The lowest BCUT2D eigenvalue weighted by atomic mass is 10.0. The Bertz CT molecular complexity index is 722. The van der Waals surface area contributed by atoms with Crippen molar-refractivity contribution >= 4 is 0 Å². The van der Waals surface area contributed by atoms with Crippen LogP contribution in [0.1, 0.15) is 36.6 Å². The van der Waals surface area contributed by atoms with Gasteiger partial charge < -0.3 is 9.84 Å². The molecule has 1 atom stereocenters. The lowest BCUT2D eigenvalue weighted by Gasteiger charge is -2.17. The highest BCUT2D eigenvalue weighted by atomic mass is 16.5. The van der Waals surface area contributed by atoms with Gasteiger partial charge in [0.25, 0.3) is 5.56 Å². The smallest absolute Gasteiger partial charge is 0.256 e. The maximum Gasteiger partial charge on any atom is 0.256 e. The quantitative estimate of drug-likeness (QED) is 0.889. The summed E-state index contributed by atoms with van der Waals surface area (Å²) in [6, 6.07) is 7.79. The molecule has 2 rings (SSSR count). The number of aliphatic hydroxyl groups is 1. The normalized spacial score (nSPS) is 12.4. The van der Waals surface area contributed by atoms with Gasteiger partial charge in [0, 0.05) is 11.3 Å². The Hall–Kier alpha value is -2.14. The van der Waals surface area contributed by atoms with E-state index >= 15 is 0 Å². The lowest BCUT2D eigenvalue weighted by molar-refractivity contribution is 0.0906. The summed E-state index contributed by atoms with van der Waals surface area (Å²) in [6.07, 6.45) is 0.687. The summed E-state index contributed by atoms with van der Waals surface area (Å²) < 4.78 is 7.16. The first-order valence-electron chi connectivity index (χ1n) is 7.82. The third-order valence-electron chi connectivity index (χ3n) is 3.89. The van der Waals surface area contributed by atoms with Crippen LogP contribution in [0.4, 0.5) is 0 Å². The highest BCUT2D eigenvalue weighted by Crippen LogP contribution is 2.25. The second-order valence-corrected chi connectivity index (χ2v) is 6.07. The molecule has 0 radical (unpaired) electrons. The minimum absolute atomic E-state index is 0.126. The van der Waals surface area contributed by atoms with Crippen molar-refractivity contribution in [1.29, 1.82) is 0 Å². The number of nitrogens with zero attached hydrogens (tertiary/aromatic N) is 2. The van der Waals surface area contributed by atoms with Crippen molar-refractivity contribution in [3.8, 4) is 5.75 Å². The third-order valence-corrected chi connectivity index (χ3v) is 3.89. The van der Waals surface area contributed by atoms with Crippen LogP contribution in [0, 0.1) is 13.8 Å². The van der Waals surface area contributed by atoms with E-state index in [0.29, 0.717) is 17.2 Å². The SMILES string of the molecule is Cc1ncn(C[C@H](O)COc2ccccc2C(C)C)c(=O)c1C. The van der Waals surface area contributed by atoms with Gasteiger partial charge in [-0.1, -0.05) is 32.0 Å². The van der Waals surface area contributed by atoms with Crippen molar-refractivity contribution in [2.45, 2.75) is 46.3 Å². The number of aryl methyl sites for hydroxylation is 1. The summed E-state index contributed by atoms with van der Waals surface area (Å²) in [6.45, 7) is 8.02. The molecule has 1 heterocycles. The molecule has 0 unspecified atom stereocenters. The van der Waals surface area contributed by atoms with E-state index in [1.807, 2.05) is 24.3 Å². The predicted molar refractivity (Wildman–Crippen MR) is 90.0 cm³/mol. The molecule has 5 heteroatoms. The Labute approximate surface area is 136 Å². The van der Waals surface area contributed by atoms with E-state index in [1.165, 1.54) is 10.9 Å². The van der Waals surface area contributed by atoms with Crippen LogP contribution in [0.5, 0.6) is 5.75 Å². The number of rotatable bonds is 6. The number of para-hydroxylation sites is 1. The Morgan fingerprint density at radius 2 is 1.96 bits per heavy atom. The minimum Gasteiger partial charge on any atom is -0.491 e. The molecule has 0 bridgehead atoms. The van der Waals surface area contributed by atoms with E-state index in [4.69, 9.17) is 4.74 Å². The second-order valence-electron chi connectivity index (χ2n) is 6.07. The lowest BCUT2D eigenvalue weighted by Crippen LogP contribution is -2.32. The highest BCUT2D eigenvalue weighted by Gasteiger charge is 2.12. The molecule has 0 saturated carbocycles. The average molecular weight is 316 g/mol. The molecule has 0 saturated heterocycles. The number of hydrogen-bond donors (Lipinski definition) is 1. The summed E-state index contributed by atoms with van der Waals surface area (Å²) in [4.78, 5) is 16.3. The number of ether oxygens (including phenoxy) is 1. The van der Waals surface area contributed by atoms with Crippen molar-refractivity contribution in [1.82, 2.24) is 9.55 Å². The Balaban J connectivity index is 2.03. The van der Waals surface area contributed by atoms with Gasteiger partial charge in [-0.15, -0.1) is 0 Å². The zero-order chi connectivity index (χ0) is 17.0. The number of hydrogen-bond acceptors (Lipinski definition) is 4. The fourth-order valence-electron chi connectivity index (χ4n) is 2.36. The van der Waals surface area contributed by atoms with E-state index in [9.17, 15) is 9.90 Å². The zero-order valence-electron chi connectivity index (χ0n) is 14.1. The van der Waals surface area contributed by atoms with Crippen LogP contribution in [0.15, 0.2) is 35.4 Å². The molecular formula is C18H24N2O3. The van der Waals surface area contributed by atoms with Crippen LogP contribution in [0.25, 0.3) is 0 Å². The van der Waals surface area contributed by atoms with Crippen LogP contribution in [0.3, 0.4) is 0 Å². The fourth-order valence-corrected chi connectivity index (χ4v) is 2.36. The number of benzene rings is 1. The first-order chi connectivity index (χ1) is 10.9. The summed E-state index contributed by atoms with van der Waals surface area (Å²) >= 11 is 0. The fraction of sp³-hybridized carbons (Fsp3) is 0.444. The van der Waals surface area contributed by atoms with Gasteiger partial charge in [-0.3, -0.25) is 9.36 Å². The summed E-state index contributed by atoms with van der Waals surface area (Å²) in [7, 11) is 0. The van der Waals surface area contributed by atoms with Gasteiger partial charge in [0.2, 0.25) is 0 Å². The number of aliphatic hydroxyl groups excluding tert-OH is 1. The van der Waals surface area contributed by atoms with Crippen LogP contribution < -0.4 is 10.3 Å². The summed E-state index contributed by atoms with van der Waals surface area (Å²) in [5.41, 5.74) is 2.29. The van der Waals surface area contributed by atoms with Gasteiger partial charge in [0.15, 0.2) is 0 Å². The van der Waals surface area contributed by atoms with Crippen molar-refractivity contribution in [2.24, 2.45) is 0 Å². The predicted octanol–water partition coefficient (Wildman–Crippen LogP) is 2.42. The van der Waals surface area contributed by atoms with E-state index in [2.05, 4.69) is 18.8 Å². The monoisotopic (exact) mass is 316 g/mol. The van der Waals surface area contributed by atoms with Crippen LogP contribution >= 0.6 is 0 Å². The first-order valence-corrected chi connectivity index (χ1v) is 7.82. The number of aromatic nitrogens is 2. The van der Waals surface area contributed by atoms with Crippen LogP contribution in [0.2, 0.25) is 0 Å². The minimum atomic E-state index is -0.781. The largest absolute Gasteiger partial charge is 0.491 e. The van der Waals surface area contributed by atoms with E-state index in [0.717, 1.165) is 11.3 Å². The van der Waals surface area contributed by atoms with Gasteiger partial charge in [-0.25, -0.2) is 4.98 Å². The standard InChI is InChI=1S/C18H24N2O3/c1-12(2)16-7-5-6-8-17(16)23-10-15(21)9-20-11-19-14(4)13(3)18(20)22/h5-8,11-12,15,21H,9-10H2,1-4H3/t15-/m0/s1. The van der Waals surface area contributed by atoms with Crippen LogP contribution in [-0.4, -0.2) is 27.4 Å². The highest BCUT2D eigenvalue weighted by molar-refractivity contribution is 5.35. The van der Waals surface area contributed by atoms with Gasteiger partial charge in [-0.2, -0.15) is 0 Å².